The van der Waals surface area contributed by atoms with Gasteiger partial charge in [0.1, 0.15) is 17.0 Å². The van der Waals surface area contributed by atoms with Crippen LogP contribution in [0.5, 0.6) is 11.5 Å². The van der Waals surface area contributed by atoms with Crippen molar-refractivity contribution >= 4 is 27.5 Å². The number of ether oxygens (including phenoxy) is 2. The molecule has 1 N–H and O–H groups in total. The second-order valence-electron chi connectivity index (χ2n) is 8.27. The van der Waals surface area contributed by atoms with E-state index in [9.17, 15) is 18.0 Å². The SMILES string of the molecule is COc1cc(OC)cc(N2C(=O)CN(S(C)(=O)=O)C[C@@]2(C)C(=O)NCc2ccc(C)cc2)c1. The normalized spacial score (nSPS) is 19.3. The van der Waals surface area contributed by atoms with Gasteiger partial charge in [0.15, 0.2) is 0 Å². The number of carbonyl (C=O) groups is 2. The van der Waals surface area contributed by atoms with Gasteiger partial charge in [0, 0.05) is 31.3 Å². The molecule has 0 aliphatic carbocycles. The molecule has 0 radical (unpaired) electrons. The number of sulfonamides is 1. The Morgan fingerprint density at radius 3 is 2.18 bits per heavy atom. The van der Waals surface area contributed by atoms with E-state index in [0.717, 1.165) is 21.7 Å². The van der Waals surface area contributed by atoms with E-state index in [1.807, 2.05) is 31.2 Å². The molecule has 2 amide bonds. The molecule has 1 fully saturated rings. The zero-order valence-electron chi connectivity index (χ0n) is 19.4. The molecule has 33 heavy (non-hydrogen) atoms. The third kappa shape index (κ3) is 5.28. The summed E-state index contributed by atoms with van der Waals surface area (Å²) in [6.45, 7) is 3.18. The number of hydrogen-bond donors (Lipinski definition) is 1. The summed E-state index contributed by atoms with van der Waals surface area (Å²) in [6.07, 6.45) is 1.02. The lowest BCUT2D eigenvalue weighted by Gasteiger charge is -2.46. The van der Waals surface area contributed by atoms with E-state index in [1.165, 1.54) is 19.1 Å². The molecule has 1 atom stereocenters. The Morgan fingerprint density at radius 2 is 1.67 bits per heavy atom. The number of aryl methyl sites for hydroxylation is 1. The maximum absolute atomic E-state index is 13.5. The number of anilines is 1. The summed E-state index contributed by atoms with van der Waals surface area (Å²) in [7, 11) is -0.747. The number of piperazine rings is 1. The van der Waals surface area contributed by atoms with Crippen molar-refractivity contribution in [3.63, 3.8) is 0 Å². The smallest absolute Gasteiger partial charge is 0.247 e. The van der Waals surface area contributed by atoms with Crippen molar-refractivity contribution in [3.8, 4) is 11.5 Å². The minimum atomic E-state index is -3.71. The number of benzene rings is 2. The Labute approximate surface area is 194 Å². The van der Waals surface area contributed by atoms with Crippen LogP contribution < -0.4 is 19.7 Å². The summed E-state index contributed by atoms with van der Waals surface area (Å²) in [4.78, 5) is 28.0. The lowest BCUT2D eigenvalue weighted by molar-refractivity contribution is -0.133. The molecule has 0 bridgehead atoms. The average molecular weight is 476 g/mol. The highest BCUT2D eigenvalue weighted by molar-refractivity contribution is 7.88. The van der Waals surface area contributed by atoms with Crippen LogP contribution >= 0.6 is 0 Å². The van der Waals surface area contributed by atoms with E-state index < -0.39 is 27.4 Å². The van der Waals surface area contributed by atoms with Crippen molar-refractivity contribution in [2.75, 3.05) is 38.5 Å². The molecular formula is C23H29N3O6S. The Bertz CT molecular complexity index is 1130. The van der Waals surface area contributed by atoms with Gasteiger partial charge in [-0.3, -0.25) is 14.5 Å². The number of nitrogens with zero attached hydrogens (tertiary/aromatic N) is 2. The topological polar surface area (TPSA) is 105 Å². The molecule has 9 nitrogen and oxygen atoms in total. The largest absolute Gasteiger partial charge is 0.497 e. The molecule has 3 rings (SSSR count). The van der Waals surface area contributed by atoms with Gasteiger partial charge in [0.25, 0.3) is 0 Å². The fourth-order valence-electron chi connectivity index (χ4n) is 3.80. The fraction of sp³-hybridized carbons (Fsp3) is 0.391. The zero-order valence-corrected chi connectivity index (χ0v) is 20.2. The summed E-state index contributed by atoms with van der Waals surface area (Å²) >= 11 is 0. The van der Waals surface area contributed by atoms with Crippen LogP contribution in [0, 0.1) is 6.92 Å². The van der Waals surface area contributed by atoms with E-state index in [1.54, 1.807) is 25.1 Å². The monoisotopic (exact) mass is 475 g/mol. The van der Waals surface area contributed by atoms with Gasteiger partial charge in [-0.05, 0) is 19.4 Å². The second kappa shape index (κ2) is 9.40. The zero-order chi connectivity index (χ0) is 24.4. The first-order valence-electron chi connectivity index (χ1n) is 10.3. The third-order valence-electron chi connectivity index (χ3n) is 5.67. The van der Waals surface area contributed by atoms with E-state index in [2.05, 4.69) is 5.32 Å². The van der Waals surface area contributed by atoms with Gasteiger partial charge >= 0.3 is 0 Å². The van der Waals surface area contributed by atoms with Crippen LogP contribution in [0.25, 0.3) is 0 Å². The highest BCUT2D eigenvalue weighted by Crippen LogP contribution is 2.35. The molecule has 178 valence electrons. The van der Waals surface area contributed by atoms with Crippen LogP contribution in [-0.4, -0.2) is 63.6 Å². The first-order chi connectivity index (χ1) is 15.5. The molecule has 1 aliphatic rings. The van der Waals surface area contributed by atoms with Gasteiger partial charge in [-0.2, -0.15) is 4.31 Å². The van der Waals surface area contributed by atoms with Gasteiger partial charge in [-0.15, -0.1) is 0 Å². The van der Waals surface area contributed by atoms with E-state index >= 15 is 0 Å². The average Bonchev–Trinajstić information content (AvgIpc) is 2.77. The van der Waals surface area contributed by atoms with E-state index in [-0.39, 0.29) is 19.6 Å². The molecule has 2 aromatic carbocycles. The number of carbonyl (C=O) groups excluding carboxylic acids is 2. The first-order valence-corrected chi connectivity index (χ1v) is 12.2. The Kier molecular flexibility index (Phi) is 6.99. The highest BCUT2D eigenvalue weighted by atomic mass is 32.2. The van der Waals surface area contributed by atoms with E-state index in [0.29, 0.717) is 17.2 Å². The molecular weight excluding hydrogens is 446 g/mol. The summed E-state index contributed by atoms with van der Waals surface area (Å²) in [5.74, 6) is -0.142. The molecule has 0 aromatic heterocycles. The van der Waals surface area contributed by atoms with E-state index in [4.69, 9.17) is 9.47 Å². The van der Waals surface area contributed by atoms with Crippen molar-refractivity contribution in [2.24, 2.45) is 0 Å². The Balaban J connectivity index is 2.01. The molecule has 2 aromatic rings. The van der Waals surface area contributed by atoms with Crippen LogP contribution in [0.15, 0.2) is 42.5 Å². The van der Waals surface area contributed by atoms with Gasteiger partial charge in [0.2, 0.25) is 21.8 Å². The van der Waals surface area contributed by atoms with Crippen LogP contribution in [0.1, 0.15) is 18.1 Å². The van der Waals surface area contributed by atoms with Gasteiger partial charge in [-0.1, -0.05) is 29.8 Å². The molecule has 1 aliphatic heterocycles. The van der Waals surface area contributed by atoms with Crippen molar-refractivity contribution in [1.82, 2.24) is 9.62 Å². The lowest BCUT2D eigenvalue weighted by atomic mass is 9.94. The maximum Gasteiger partial charge on any atom is 0.247 e. The Hall–Kier alpha value is -3.11. The van der Waals surface area contributed by atoms with Gasteiger partial charge < -0.3 is 14.8 Å². The van der Waals surface area contributed by atoms with Crippen molar-refractivity contribution < 1.29 is 27.5 Å². The minimum Gasteiger partial charge on any atom is -0.497 e. The number of amides is 2. The minimum absolute atomic E-state index is 0.198. The van der Waals surface area contributed by atoms with Crippen LogP contribution in [-0.2, 0) is 26.2 Å². The van der Waals surface area contributed by atoms with Crippen LogP contribution in [0.3, 0.4) is 0 Å². The number of nitrogens with one attached hydrogen (secondary N) is 1. The van der Waals surface area contributed by atoms with Gasteiger partial charge in [-0.25, -0.2) is 8.42 Å². The molecule has 0 spiro atoms. The third-order valence-corrected chi connectivity index (χ3v) is 6.86. The lowest BCUT2D eigenvalue weighted by Crippen LogP contribution is -2.70. The first kappa shape index (κ1) is 24.5. The summed E-state index contributed by atoms with van der Waals surface area (Å²) in [5.41, 5.74) is 0.837. The number of hydrogen-bond acceptors (Lipinski definition) is 6. The maximum atomic E-state index is 13.5. The predicted molar refractivity (Wildman–Crippen MR) is 125 cm³/mol. The molecule has 0 unspecified atom stereocenters. The summed E-state index contributed by atoms with van der Waals surface area (Å²) in [6, 6.07) is 12.6. The van der Waals surface area contributed by atoms with Crippen LogP contribution in [0.4, 0.5) is 5.69 Å². The quantitative estimate of drug-likeness (QED) is 0.654. The summed E-state index contributed by atoms with van der Waals surface area (Å²) in [5, 5.41) is 2.86. The highest BCUT2D eigenvalue weighted by Gasteiger charge is 2.50. The van der Waals surface area contributed by atoms with Gasteiger partial charge in [0.05, 0.1) is 32.7 Å². The molecule has 1 heterocycles. The van der Waals surface area contributed by atoms with Crippen molar-refractivity contribution in [3.05, 3.63) is 53.6 Å². The number of rotatable bonds is 7. The summed E-state index contributed by atoms with van der Waals surface area (Å²) < 4.78 is 36.2. The van der Waals surface area contributed by atoms with Crippen molar-refractivity contribution in [2.45, 2.75) is 25.9 Å². The molecule has 10 heteroatoms. The predicted octanol–water partition coefficient (Wildman–Crippen LogP) is 1.70. The molecule has 1 saturated heterocycles. The molecule has 0 saturated carbocycles. The van der Waals surface area contributed by atoms with Crippen molar-refractivity contribution in [1.29, 1.82) is 0 Å². The second-order valence-corrected chi connectivity index (χ2v) is 10.3. The Morgan fingerprint density at radius 1 is 1.09 bits per heavy atom. The fourth-order valence-corrected chi connectivity index (χ4v) is 4.63. The van der Waals surface area contributed by atoms with Crippen LogP contribution in [0.2, 0.25) is 0 Å². The number of methoxy groups -OCH3 is 2. The standard InChI is InChI=1S/C23H29N3O6S/c1-16-6-8-17(9-7-16)13-24-22(28)23(2)15-25(33(5,29)30)14-21(27)26(23)18-10-19(31-3)12-20(11-18)32-4/h6-12H,13-15H2,1-5H3,(H,24,28)/t23-/m0/s1.